The smallest absolute Gasteiger partial charge is 0.187 e. The molecule has 10 fully saturated rings. The molecular weight excluding hydrogens is 989 g/mol. The lowest BCUT2D eigenvalue weighted by molar-refractivity contribution is -0.403. The summed E-state index contributed by atoms with van der Waals surface area (Å²) in [5.74, 6) is 0.373. The third kappa shape index (κ3) is 8.54. The molecule has 0 radical (unpaired) electrons. The number of fused-ring (bicyclic) bond motifs is 4. The van der Waals surface area contributed by atoms with Gasteiger partial charge in [-0.1, -0.05) is 41.5 Å². The van der Waals surface area contributed by atoms with Crippen LogP contribution in [-0.2, 0) is 47.4 Å². The summed E-state index contributed by atoms with van der Waals surface area (Å²) >= 11 is 0. The molecule has 12 N–H and O–H groups in total. The average Bonchev–Trinajstić information content (AvgIpc) is 3.86. The lowest BCUT2D eigenvalue weighted by atomic mass is 9.30. The fourth-order valence-corrected chi connectivity index (χ4v) is 17.6. The fourth-order valence-electron chi connectivity index (χ4n) is 17.6. The Hall–Kier alpha value is -1.17. The molecule has 5 heterocycles. The quantitative estimate of drug-likeness (QED) is 0.0827. The van der Waals surface area contributed by atoms with Gasteiger partial charge in [-0.15, -0.1) is 0 Å². The van der Waals surface area contributed by atoms with Gasteiger partial charge in [-0.25, -0.2) is 0 Å². The third-order valence-electron chi connectivity index (χ3n) is 22.3. The highest BCUT2D eigenvalue weighted by Crippen LogP contribution is 2.80. The van der Waals surface area contributed by atoms with Crippen LogP contribution in [0.3, 0.4) is 0 Å². The van der Waals surface area contributed by atoms with Crippen LogP contribution in [0.5, 0.6) is 0 Å². The van der Waals surface area contributed by atoms with Crippen LogP contribution in [0.25, 0.3) is 0 Å². The average molecular weight is 1080 g/mol. The van der Waals surface area contributed by atoms with Crippen LogP contribution in [0.4, 0.5) is 0 Å². The van der Waals surface area contributed by atoms with Gasteiger partial charge in [0.1, 0.15) is 91.7 Å². The number of hydrogen-bond acceptors (Lipinski definition) is 22. The second-order valence-electron chi connectivity index (χ2n) is 26.2. The van der Waals surface area contributed by atoms with E-state index in [0.29, 0.717) is 25.9 Å². The van der Waals surface area contributed by atoms with Gasteiger partial charge < -0.3 is 109 Å². The van der Waals surface area contributed by atoms with Crippen LogP contribution in [0.15, 0.2) is 0 Å². The minimum absolute atomic E-state index is 0.0574. The molecule has 22 heteroatoms. The molecule has 0 aromatic rings. The van der Waals surface area contributed by atoms with Crippen molar-refractivity contribution in [2.45, 2.75) is 247 Å². The number of rotatable bonds is 11. The van der Waals surface area contributed by atoms with E-state index < -0.39 is 171 Å². The molecule has 5 aliphatic carbocycles. The van der Waals surface area contributed by atoms with Gasteiger partial charge >= 0.3 is 0 Å². The van der Waals surface area contributed by atoms with Crippen LogP contribution in [0, 0.1) is 50.2 Å². The molecule has 30 unspecified atom stereocenters. The van der Waals surface area contributed by atoms with Crippen LogP contribution < -0.4 is 0 Å². The van der Waals surface area contributed by atoms with Crippen molar-refractivity contribution in [3.05, 3.63) is 0 Å². The predicted molar refractivity (Wildman–Crippen MR) is 255 cm³/mol. The number of aliphatic hydroxyl groups is 12. The molecule has 0 amide bonds. The fraction of sp³-hybridized carbons (Fsp3) is 0.981. The summed E-state index contributed by atoms with van der Waals surface area (Å²) in [5.41, 5.74) is -2.75. The minimum atomic E-state index is -1.95. The zero-order valence-corrected chi connectivity index (χ0v) is 44.3. The van der Waals surface area contributed by atoms with Crippen molar-refractivity contribution >= 4 is 6.29 Å². The molecule has 75 heavy (non-hydrogen) atoms. The molecular formula is C53H86O22. The van der Waals surface area contributed by atoms with E-state index >= 15 is 0 Å². The van der Waals surface area contributed by atoms with Gasteiger partial charge in [-0.3, -0.25) is 0 Å². The van der Waals surface area contributed by atoms with E-state index in [2.05, 4.69) is 41.5 Å². The molecule has 5 saturated heterocycles. The van der Waals surface area contributed by atoms with Gasteiger partial charge in [-0.2, -0.15) is 0 Å². The largest absolute Gasteiger partial charge is 0.394 e. The van der Waals surface area contributed by atoms with E-state index in [1.165, 1.54) is 6.92 Å². The second-order valence-corrected chi connectivity index (χ2v) is 26.2. The molecule has 2 bridgehead atoms. The van der Waals surface area contributed by atoms with Crippen LogP contribution in [0.2, 0.25) is 0 Å². The SMILES string of the molecule is CC1OC(OC2COC(OC3CCC4(C)C(CCC5(C)C4CCC46OCC7(CCC(C)(C=O)CC74)C(O)CC56C)C3(C)C)C(OC3OC(CO)C(O)C(O)C3O)C2OC2OC(CO)C(O)C(O)C2O)C(O)C(O)C1O. The van der Waals surface area contributed by atoms with E-state index in [0.717, 1.165) is 51.2 Å². The Morgan fingerprint density at radius 2 is 1.13 bits per heavy atom. The third-order valence-corrected chi connectivity index (χ3v) is 22.3. The van der Waals surface area contributed by atoms with Crippen molar-refractivity contribution in [2.75, 3.05) is 26.4 Å². The molecule has 5 saturated carbocycles. The summed E-state index contributed by atoms with van der Waals surface area (Å²) in [4.78, 5) is 12.6. The first-order valence-corrected chi connectivity index (χ1v) is 27.5. The summed E-state index contributed by atoms with van der Waals surface area (Å²) in [5, 5.41) is 131. The summed E-state index contributed by atoms with van der Waals surface area (Å²) in [7, 11) is 0. The maximum absolute atomic E-state index is 12.6. The normalized spacial score (nSPS) is 58.5. The highest BCUT2D eigenvalue weighted by Gasteiger charge is 2.80. The van der Waals surface area contributed by atoms with Gasteiger partial charge in [-0.05, 0) is 105 Å². The summed E-state index contributed by atoms with van der Waals surface area (Å²) in [6.45, 7) is 13.5. The number of carbonyl (C=O) groups is 1. The lowest BCUT2D eigenvalue weighted by Gasteiger charge is -2.75. The first-order chi connectivity index (χ1) is 35.2. The van der Waals surface area contributed by atoms with E-state index in [1.54, 1.807) is 0 Å². The number of aldehydes is 1. The Balaban J connectivity index is 0.964. The topological polar surface area (TPSA) is 343 Å². The molecule has 430 valence electrons. The highest BCUT2D eigenvalue weighted by atomic mass is 16.8. The lowest BCUT2D eigenvalue weighted by Crippen LogP contribution is -2.74. The number of hydrogen-bond donors (Lipinski definition) is 12. The molecule has 10 rings (SSSR count). The van der Waals surface area contributed by atoms with E-state index in [-0.39, 0.29) is 34.0 Å². The zero-order valence-electron chi connectivity index (χ0n) is 44.3. The summed E-state index contributed by atoms with van der Waals surface area (Å²) in [6, 6.07) is 0. The Morgan fingerprint density at radius 1 is 0.560 bits per heavy atom. The van der Waals surface area contributed by atoms with E-state index in [9.17, 15) is 66.1 Å². The Bertz CT molecular complexity index is 2050. The molecule has 1 spiro atoms. The molecule has 10 aliphatic rings. The molecule has 0 aromatic carbocycles. The maximum Gasteiger partial charge on any atom is 0.187 e. The van der Waals surface area contributed by atoms with Gasteiger partial charge in [0.25, 0.3) is 0 Å². The Morgan fingerprint density at radius 3 is 1.73 bits per heavy atom. The number of ether oxygens (including phenoxy) is 9. The summed E-state index contributed by atoms with van der Waals surface area (Å²) < 4.78 is 57.5. The van der Waals surface area contributed by atoms with Crippen molar-refractivity contribution in [2.24, 2.45) is 50.2 Å². The molecule has 0 aromatic heterocycles. The maximum atomic E-state index is 12.6. The van der Waals surface area contributed by atoms with Crippen molar-refractivity contribution < 1.29 is 109 Å². The Labute approximate surface area is 437 Å². The number of aliphatic hydroxyl groups excluding tert-OH is 12. The standard InChI is InChI=1S/C53H86O22/c1-23-32(58)35(61)38(64)43(69-23)72-26-20-67-46(42(75-45-40(66)37(63)34(60)25(19-55)71-45)41(26)74-44-39(65)36(62)33(59)24(18-54)70-44)73-31-10-11-49(5)27(47(31,2)3)8-12-50(6)28(49)9-13-53-29-16-48(4,21-56)14-15-52(29,22-68-53)30(57)17-51(50,53)7/h21,23-46,54-55,57-66H,8-20,22H2,1-7H3. The van der Waals surface area contributed by atoms with Gasteiger partial charge in [0.15, 0.2) is 25.2 Å². The summed E-state index contributed by atoms with van der Waals surface area (Å²) in [6.07, 6.45) is -24.0. The zero-order chi connectivity index (χ0) is 54.3. The number of carbonyl (C=O) groups excluding carboxylic acids is 1. The van der Waals surface area contributed by atoms with Crippen LogP contribution in [-0.4, -0.2) is 229 Å². The van der Waals surface area contributed by atoms with Crippen molar-refractivity contribution in [1.29, 1.82) is 0 Å². The van der Waals surface area contributed by atoms with Gasteiger partial charge in [0.05, 0.1) is 50.3 Å². The minimum Gasteiger partial charge on any atom is -0.394 e. The predicted octanol–water partition coefficient (Wildman–Crippen LogP) is -1.50. The van der Waals surface area contributed by atoms with E-state index in [4.69, 9.17) is 42.6 Å². The van der Waals surface area contributed by atoms with E-state index in [1.807, 2.05) is 0 Å². The van der Waals surface area contributed by atoms with Crippen LogP contribution in [0.1, 0.15) is 113 Å². The first-order valence-electron chi connectivity index (χ1n) is 27.5. The molecule has 5 aliphatic heterocycles. The van der Waals surface area contributed by atoms with Gasteiger partial charge in [0.2, 0.25) is 0 Å². The van der Waals surface area contributed by atoms with Crippen molar-refractivity contribution in [3.8, 4) is 0 Å². The van der Waals surface area contributed by atoms with Crippen molar-refractivity contribution in [3.63, 3.8) is 0 Å². The second kappa shape index (κ2) is 20.1. The monoisotopic (exact) mass is 1070 g/mol. The Kier molecular flexibility index (Phi) is 15.3. The van der Waals surface area contributed by atoms with Crippen LogP contribution >= 0.6 is 0 Å². The first kappa shape index (κ1) is 57.1. The van der Waals surface area contributed by atoms with Crippen molar-refractivity contribution in [1.82, 2.24) is 0 Å². The van der Waals surface area contributed by atoms with Gasteiger partial charge in [0, 0.05) is 16.2 Å². The highest BCUT2D eigenvalue weighted by molar-refractivity contribution is 5.59. The molecule has 22 nitrogen and oxygen atoms in total. The molecule has 30 atom stereocenters.